The summed E-state index contributed by atoms with van der Waals surface area (Å²) in [5.41, 5.74) is 1.02. The molecular formula is C15H30N2O. The highest BCUT2D eigenvalue weighted by molar-refractivity contribution is 5.01. The lowest BCUT2D eigenvalue weighted by Crippen LogP contribution is -2.65. The first kappa shape index (κ1) is 14.3. The van der Waals surface area contributed by atoms with Crippen LogP contribution in [0, 0.1) is 5.41 Å². The van der Waals surface area contributed by atoms with Crippen molar-refractivity contribution in [1.29, 1.82) is 0 Å². The quantitative estimate of drug-likeness (QED) is 0.716. The molecule has 2 rings (SSSR count). The van der Waals surface area contributed by atoms with Crippen molar-refractivity contribution in [3.05, 3.63) is 0 Å². The Hall–Kier alpha value is -0.120. The number of methoxy groups -OCH3 is 1. The topological polar surface area (TPSA) is 15.7 Å². The zero-order valence-corrected chi connectivity index (χ0v) is 12.7. The highest BCUT2D eigenvalue weighted by Gasteiger charge is 2.47. The summed E-state index contributed by atoms with van der Waals surface area (Å²) in [5, 5.41) is 0. The Morgan fingerprint density at radius 3 is 2.22 bits per heavy atom. The molecule has 2 aliphatic heterocycles. The Bertz CT molecular complexity index is 256. The summed E-state index contributed by atoms with van der Waals surface area (Å²) in [6.45, 7) is 14.3. The predicted octanol–water partition coefficient (Wildman–Crippen LogP) is 2.22. The van der Waals surface area contributed by atoms with Crippen molar-refractivity contribution in [2.45, 2.75) is 45.6 Å². The summed E-state index contributed by atoms with van der Waals surface area (Å²) in [6, 6.07) is 0. The fourth-order valence-electron chi connectivity index (χ4n) is 3.24. The number of rotatable bonds is 4. The van der Waals surface area contributed by atoms with Crippen LogP contribution in [0.5, 0.6) is 0 Å². The Labute approximate surface area is 112 Å². The third-order valence-electron chi connectivity index (χ3n) is 4.74. The molecule has 0 atom stereocenters. The molecule has 106 valence electrons. The van der Waals surface area contributed by atoms with Crippen LogP contribution in [0.3, 0.4) is 0 Å². The SMILES string of the molecule is COCCCN1CCC2(CC1)CN(C(C)(C)C)C2. The lowest BCUT2D eigenvalue weighted by molar-refractivity contribution is -0.0902. The number of hydrogen-bond acceptors (Lipinski definition) is 3. The lowest BCUT2D eigenvalue weighted by atomic mass is 9.70. The van der Waals surface area contributed by atoms with Gasteiger partial charge in [0.25, 0.3) is 0 Å². The van der Waals surface area contributed by atoms with Gasteiger partial charge in [-0.15, -0.1) is 0 Å². The molecule has 2 heterocycles. The van der Waals surface area contributed by atoms with Crippen LogP contribution in [0.15, 0.2) is 0 Å². The second-order valence-electron chi connectivity index (χ2n) is 7.21. The Morgan fingerprint density at radius 2 is 1.72 bits per heavy atom. The molecule has 0 unspecified atom stereocenters. The summed E-state index contributed by atoms with van der Waals surface area (Å²) < 4.78 is 5.12. The van der Waals surface area contributed by atoms with Gasteiger partial charge in [0.1, 0.15) is 0 Å². The van der Waals surface area contributed by atoms with Gasteiger partial charge in [-0.1, -0.05) is 0 Å². The maximum Gasteiger partial charge on any atom is 0.0474 e. The van der Waals surface area contributed by atoms with E-state index in [0.717, 1.165) is 6.61 Å². The van der Waals surface area contributed by atoms with E-state index in [-0.39, 0.29) is 0 Å². The van der Waals surface area contributed by atoms with Crippen molar-refractivity contribution in [2.24, 2.45) is 5.41 Å². The van der Waals surface area contributed by atoms with E-state index in [2.05, 4.69) is 30.6 Å². The monoisotopic (exact) mass is 254 g/mol. The van der Waals surface area contributed by atoms with Gasteiger partial charge in [-0.2, -0.15) is 0 Å². The molecule has 0 radical (unpaired) electrons. The first-order valence-electron chi connectivity index (χ1n) is 7.42. The highest BCUT2D eigenvalue weighted by atomic mass is 16.5. The van der Waals surface area contributed by atoms with Gasteiger partial charge in [-0.05, 0) is 58.5 Å². The fraction of sp³-hybridized carbons (Fsp3) is 1.00. The summed E-state index contributed by atoms with van der Waals surface area (Å²) >= 11 is 0. The smallest absolute Gasteiger partial charge is 0.0474 e. The molecule has 0 N–H and O–H groups in total. The largest absolute Gasteiger partial charge is 0.385 e. The molecule has 18 heavy (non-hydrogen) atoms. The maximum atomic E-state index is 5.12. The molecule has 2 fully saturated rings. The Balaban J connectivity index is 1.69. The van der Waals surface area contributed by atoms with E-state index in [4.69, 9.17) is 4.74 Å². The van der Waals surface area contributed by atoms with Crippen LogP contribution in [0.25, 0.3) is 0 Å². The van der Waals surface area contributed by atoms with E-state index in [1.807, 2.05) is 0 Å². The third kappa shape index (κ3) is 3.25. The number of piperidine rings is 1. The molecule has 0 aromatic heterocycles. The summed E-state index contributed by atoms with van der Waals surface area (Å²) in [5.74, 6) is 0. The third-order valence-corrected chi connectivity index (χ3v) is 4.74. The van der Waals surface area contributed by atoms with E-state index in [1.165, 1.54) is 52.0 Å². The molecule has 0 aromatic carbocycles. The van der Waals surface area contributed by atoms with Crippen LogP contribution in [0.2, 0.25) is 0 Å². The number of likely N-dealkylation sites (tertiary alicyclic amines) is 2. The van der Waals surface area contributed by atoms with E-state index in [1.54, 1.807) is 7.11 Å². The minimum atomic E-state index is 0.362. The van der Waals surface area contributed by atoms with E-state index in [0.29, 0.717) is 11.0 Å². The second-order valence-corrected chi connectivity index (χ2v) is 7.21. The van der Waals surface area contributed by atoms with Crippen LogP contribution in [0.4, 0.5) is 0 Å². The van der Waals surface area contributed by atoms with Crippen LogP contribution in [-0.4, -0.2) is 61.8 Å². The van der Waals surface area contributed by atoms with Crippen LogP contribution < -0.4 is 0 Å². The normalized spacial score (nSPS) is 25.3. The van der Waals surface area contributed by atoms with E-state index >= 15 is 0 Å². The zero-order valence-electron chi connectivity index (χ0n) is 12.7. The average molecular weight is 254 g/mol. The van der Waals surface area contributed by atoms with Gasteiger partial charge in [-0.3, -0.25) is 4.90 Å². The van der Waals surface area contributed by atoms with Gasteiger partial charge in [0, 0.05) is 38.9 Å². The molecule has 1 spiro atoms. The van der Waals surface area contributed by atoms with Gasteiger partial charge in [-0.25, -0.2) is 0 Å². The van der Waals surface area contributed by atoms with Crippen LogP contribution in [0.1, 0.15) is 40.0 Å². The summed E-state index contributed by atoms with van der Waals surface area (Å²) in [4.78, 5) is 5.25. The van der Waals surface area contributed by atoms with Crippen molar-refractivity contribution in [3.63, 3.8) is 0 Å². The van der Waals surface area contributed by atoms with Crippen molar-refractivity contribution in [1.82, 2.24) is 9.80 Å². The first-order chi connectivity index (χ1) is 8.45. The average Bonchev–Trinajstić information content (AvgIpc) is 2.26. The molecular weight excluding hydrogens is 224 g/mol. The minimum absolute atomic E-state index is 0.362. The molecule has 0 aromatic rings. The number of hydrogen-bond donors (Lipinski definition) is 0. The molecule has 2 saturated heterocycles. The van der Waals surface area contributed by atoms with Gasteiger partial charge >= 0.3 is 0 Å². The maximum absolute atomic E-state index is 5.12. The Kier molecular flexibility index (Phi) is 4.35. The molecule has 3 nitrogen and oxygen atoms in total. The van der Waals surface area contributed by atoms with Gasteiger partial charge in [0.2, 0.25) is 0 Å². The number of ether oxygens (including phenoxy) is 1. The van der Waals surface area contributed by atoms with Crippen LogP contribution >= 0.6 is 0 Å². The molecule has 0 saturated carbocycles. The minimum Gasteiger partial charge on any atom is -0.385 e. The summed E-state index contributed by atoms with van der Waals surface area (Å²) in [6.07, 6.45) is 3.97. The lowest BCUT2D eigenvalue weighted by Gasteiger charge is -2.58. The molecule has 3 heteroatoms. The van der Waals surface area contributed by atoms with Crippen LogP contribution in [-0.2, 0) is 4.74 Å². The van der Waals surface area contributed by atoms with Crippen molar-refractivity contribution in [2.75, 3.05) is 46.4 Å². The zero-order chi connectivity index (χ0) is 13.2. The van der Waals surface area contributed by atoms with Crippen molar-refractivity contribution in [3.8, 4) is 0 Å². The van der Waals surface area contributed by atoms with Gasteiger partial charge in [0.15, 0.2) is 0 Å². The van der Waals surface area contributed by atoms with E-state index < -0.39 is 0 Å². The Morgan fingerprint density at radius 1 is 1.11 bits per heavy atom. The van der Waals surface area contributed by atoms with E-state index in [9.17, 15) is 0 Å². The first-order valence-corrected chi connectivity index (χ1v) is 7.42. The van der Waals surface area contributed by atoms with Gasteiger partial charge < -0.3 is 9.64 Å². The predicted molar refractivity (Wildman–Crippen MR) is 75.9 cm³/mol. The second kappa shape index (κ2) is 5.48. The molecule has 0 bridgehead atoms. The highest BCUT2D eigenvalue weighted by Crippen LogP contribution is 2.43. The van der Waals surface area contributed by atoms with Crippen molar-refractivity contribution >= 4 is 0 Å². The number of nitrogens with zero attached hydrogens (tertiary/aromatic N) is 2. The van der Waals surface area contributed by atoms with Crippen molar-refractivity contribution < 1.29 is 4.74 Å². The summed E-state index contributed by atoms with van der Waals surface area (Å²) in [7, 11) is 1.79. The molecule has 0 amide bonds. The molecule has 0 aliphatic carbocycles. The standard InChI is InChI=1S/C15H30N2O/c1-14(2,3)17-12-15(13-17)6-9-16(10-7-15)8-5-11-18-4/h5-13H2,1-4H3. The fourth-order valence-corrected chi connectivity index (χ4v) is 3.24. The van der Waals surface area contributed by atoms with Gasteiger partial charge in [0.05, 0.1) is 0 Å². The molecule has 2 aliphatic rings.